The van der Waals surface area contributed by atoms with E-state index >= 15 is 0 Å². The highest BCUT2D eigenvalue weighted by atomic mass is 19.1. The van der Waals surface area contributed by atoms with Crippen molar-refractivity contribution in [3.63, 3.8) is 0 Å². The van der Waals surface area contributed by atoms with Gasteiger partial charge >= 0.3 is 0 Å². The molecular formula is C17H17FN6O. The molecule has 1 saturated carbocycles. The number of nitrogens with one attached hydrogen (secondary N) is 2. The second-order valence-corrected chi connectivity index (χ2v) is 6.23. The molecule has 128 valence electrons. The number of hydrogen-bond acceptors (Lipinski definition) is 5. The van der Waals surface area contributed by atoms with E-state index in [0.717, 1.165) is 12.0 Å². The molecule has 25 heavy (non-hydrogen) atoms. The van der Waals surface area contributed by atoms with Gasteiger partial charge in [-0.05, 0) is 24.1 Å². The van der Waals surface area contributed by atoms with Gasteiger partial charge in [0.1, 0.15) is 17.7 Å². The molecule has 1 amide bonds. The minimum absolute atomic E-state index is 0.0558. The number of nitrogens with zero attached hydrogens (tertiary/aromatic N) is 4. The summed E-state index contributed by atoms with van der Waals surface area (Å²) in [4.78, 5) is 29.4. The van der Waals surface area contributed by atoms with Crippen LogP contribution in [0.25, 0.3) is 11.2 Å². The van der Waals surface area contributed by atoms with Gasteiger partial charge in [-0.15, -0.1) is 0 Å². The Balaban J connectivity index is 1.37. The molecule has 2 N–H and O–H groups in total. The Morgan fingerprint density at radius 1 is 1.40 bits per heavy atom. The van der Waals surface area contributed by atoms with Crippen molar-refractivity contribution >= 4 is 22.9 Å². The second-order valence-electron chi connectivity index (χ2n) is 6.23. The molecule has 1 fully saturated rings. The van der Waals surface area contributed by atoms with Crippen LogP contribution in [0.5, 0.6) is 0 Å². The summed E-state index contributed by atoms with van der Waals surface area (Å²) < 4.78 is 13.3. The van der Waals surface area contributed by atoms with Crippen molar-refractivity contribution in [1.29, 1.82) is 0 Å². The van der Waals surface area contributed by atoms with Gasteiger partial charge in [-0.3, -0.25) is 4.79 Å². The maximum absolute atomic E-state index is 13.3. The summed E-state index contributed by atoms with van der Waals surface area (Å²) >= 11 is 0. The number of imidazole rings is 1. The minimum Gasteiger partial charge on any atom is -0.351 e. The molecule has 0 bridgehead atoms. The second kappa shape index (κ2) is 6.12. The maximum Gasteiger partial charge on any atom is 0.239 e. The first-order valence-electron chi connectivity index (χ1n) is 8.02. The van der Waals surface area contributed by atoms with Crippen LogP contribution in [0.1, 0.15) is 17.9 Å². The Hall–Kier alpha value is -3.03. The highest BCUT2D eigenvalue weighted by Crippen LogP contribution is 2.40. The highest BCUT2D eigenvalue weighted by Gasteiger charge is 2.39. The van der Waals surface area contributed by atoms with E-state index in [2.05, 4.69) is 25.3 Å². The van der Waals surface area contributed by atoms with E-state index in [1.807, 2.05) is 6.07 Å². The molecule has 0 radical (unpaired) electrons. The van der Waals surface area contributed by atoms with Crippen molar-refractivity contribution in [2.45, 2.75) is 18.4 Å². The number of anilines is 1. The van der Waals surface area contributed by atoms with E-state index in [9.17, 15) is 9.18 Å². The van der Waals surface area contributed by atoms with Gasteiger partial charge in [0.25, 0.3) is 0 Å². The molecule has 4 rings (SSSR count). The zero-order chi connectivity index (χ0) is 17.4. The molecule has 3 aromatic rings. The van der Waals surface area contributed by atoms with Gasteiger partial charge in [-0.25, -0.2) is 19.3 Å². The summed E-state index contributed by atoms with van der Waals surface area (Å²) in [5, 5.41) is 2.99. The number of benzene rings is 1. The molecule has 2 heterocycles. The monoisotopic (exact) mass is 340 g/mol. The van der Waals surface area contributed by atoms with E-state index in [4.69, 9.17) is 0 Å². The molecule has 0 saturated heterocycles. The van der Waals surface area contributed by atoms with Gasteiger partial charge in [-0.1, -0.05) is 12.1 Å². The zero-order valence-corrected chi connectivity index (χ0v) is 13.6. The van der Waals surface area contributed by atoms with Gasteiger partial charge in [0, 0.05) is 19.0 Å². The quantitative estimate of drug-likeness (QED) is 0.737. The summed E-state index contributed by atoms with van der Waals surface area (Å²) in [6, 6.07) is 6.59. The number of halogens is 1. The normalized spacial score (nSPS) is 19.0. The van der Waals surface area contributed by atoms with E-state index in [0.29, 0.717) is 17.0 Å². The molecule has 8 heteroatoms. The first-order valence-corrected chi connectivity index (χ1v) is 8.02. The number of amides is 1. The van der Waals surface area contributed by atoms with Gasteiger partial charge in [0.2, 0.25) is 5.91 Å². The van der Waals surface area contributed by atoms with Crippen LogP contribution in [0.4, 0.5) is 10.2 Å². The number of H-pyrrole nitrogens is 1. The van der Waals surface area contributed by atoms with Gasteiger partial charge in [0.15, 0.2) is 11.5 Å². The third-order valence-corrected chi connectivity index (χ3v) is 4.36. The standard InChI is InChI=1S/C17H17FN6O/c1-24(17-15-16(20-8-19-15)21-9-22-17)7-14(25)23-13-6-12(13)10-3-2-4-11(18)5-10/h2-5,8-9,12-13H,6-7H2,1H3,(H,23,25)(H,19,20,21,22)/t12-,13+/m0/s1. The number of carbonyl (C=O) groups is 1. The summed E-state index contributed by atoms with van der Waals surface area (Å²) in [6.45, 7) is 0.164. The third kappa shape index (κ3) is 3.15. The number of likely N-dealkylation sites (N-methyl/N-ethyl adjacent to an activating group) is 1. The first-order chi connectivity index (χ1) is 12.1. The van der Waals surface area contributed by atoms with Crippen LogP contribution < -0.4 is 10.2 Å². The van der Waals surface area contributed by atoms with Crippen molar-refractivity contribution < 1.29 is 9.18 Å². The third-order valence-electron chi connectivity index (χ3n) is 4.36. The average Bonchev–Trinajstić information content (AvgIpc) is 3.17. The molecule has 2 atom stereocenters. The lowest BCUT2D eigenvalue weighted by Crippen LogP contribution is -2.37. The Bertz CT molecular complexity index is 926. The number of fused-ring (bicyclic) bond motifs is 1. The number of aromatic amines is 1. The van der Waals surface area contributed by atoms with Crippen molar-refractivity contribution in [3.05, 3.63) is 48.3 Å². The fraction of sp³-hybridized carbons (Fsp3) is 0.294. The van der Waals surface area contributed by atoms with Crippen LogP contribution >= 0.6 is 0 Å². The predicted molar refractivity (Wildman–Crippen MR) is 90.6 cm³/mol. The largest absolute Gasteiger partial charge is 0.351 e. The number of hydrogen-bond donors (Lipinski definition) is 2. The molecule has 1 aliphatic rings. The molecule has 1 aliphatic carbocycles. The topological polar surface area (TPSA) is 86.8 Å². The predicted octanol–water partition coefficient (Wildman–Crippen LogP) is 1.60. The van der Waals surface area contributed by atoms with Crippen molar-refractivity contribution in [3.8, 4) is 0 Å². The Kier molecular flexibility index (Phi) is 3.79. The number of aromatic nitrogens is 4. The van der Waals surface area contributed by atoms with Crippen molar-refractivity contribution in [2.24, 2.45) is 0 Å². The summed E-state index contributed by atoms with van der Waals surface area (Å²) in [5.41, 5.74) is 2.18. The van der Waals surface area contributed by atoms with E-state index in [1.165, 1.54) is 18.5 Å². The van der Waals surface area contributed by atoms with Gasteiger partial charge in [0.05, 0.1) is 12.9 Å². The average molecular weight is 340 g/mol. The van der Waals surface area contributed by atoms with Crippen LogP contribution in [0.3, 0.4) is 0 Å². The first kappa shape index (κ1) is 15.5. The SMILES string of the molecule is CN(CC(=O)N[C@@H]1C[C@H]1c1cccc(F)c1)c1ncnc2nc[nH]c12. The fourth-order valence-corrected chi connectivity index (χ4v) is 3.04. The molecule has 7 nitrogen and oxygen atoms in total. The van der Waals surface area contributed by atoms with Crippen LogP contribution in [-0.4, -0.2) is 45.5 Å². The van der Waals surface area contributed by atoms with Crippen LogP contribution in [0.2, 0.25) is 0 Å². The summed E-state index contributed by atoms with van der Waals surface area (Å²) in [6.07, 6.45) is 3.80. The smallest absolute Gasteiger partial charge is 0.239 e. The lowest BCUT2D eigenvalue weighted by Gasteiger charge is -2.17. The van der Waals surface area contributed by atoms with Crippen molar-refractivity contribution in [1.82, 2.24) is 25.3 Å². The van der Waals surface area contributed by atoms with Crippen LogP contribution in [-0.2, 0) is 4.79 Å². The maximum atomic E-state index is 13.3. The van der Waals surface area contributed by atoms with Crippen LogP contribution in [0, 0.1) is 5.82 Å². The van der Waals surface area contributed by atoms with E-state index in [-0.39, 0.29) is 30.2 Å². The van der Waals surface area contributed by atoms with Crippen LogP contribution in [0.15, 0.2) is 36.9 Å². The fourth-order valence-electron chi connectivity index (χ4n) is 3.04. The summed E-state index contributed by atoms with van der Waals surface area (Å²) in [5.74, 6) is 0.456. The number of rotatable bonds is 5. The van der Waals surface area contributed by atoms with Gasteiger partial charge in [-0.2, -0.15) is 0 Å². The highest BCUT2D eigenvalue weighted by molar-refractivity contribution is 5.87. The van der Waals surface area contributed by atoms with E-state index < -0.39 is 0 Å². The zero-order valence-electron chi connectivity index (χ0n) is 13.6. The lowest BCUT2D eigenvalue weighted by atomic mass is 10.1. The molecule has 0 unspecified atom stereocenters. The minimum atomic E-state index is -0.249. The lowest BCUT2D eigenvalue weighted by molar-refractivity contribution is -0.119. The molecule has 0 spiro atoms. The van der Waals surface area contributed by atoms with Gasteiger partial charge < -0.3 is 15.2 Å². The molecule has 1 aromatic carbocycles. The molecule has 0 aliphatic heterocycles. The Morgan fingerprint density at radius 3 is 3.12 bits per heavy atom. The molecule has 2 aromatic heterocycles. The van der Waals surface area contributed by atoms with Crippen molar-refractivity contribution in [2.75, 3.05) is 18.5 Å². The Labute approximate surface area is 143 Å². The molecular weight excluding hydrogens is 323 g/mol. The Morgan fingerprint density at radius 2 is 2.28 bits per heavy atom. The summed E-state index contributed by atoms with van der Waals surface area (Å²) in [7, 11) is 1.79. The number of carbonyl (C=O) groups excluding carboxylic acids is 1. The van der Waals surface area contributed by atoms with E-state index in [1.54, 1.807) is 24.3 Å².